The van der Waals surface area contributed by atoms with E-state index in [9.17, 15) is 19.5 Å². The van der Waals surface area contributed by atoms with E-state index >= 15 is 0 Å². The summed E-state index contributed by atoms with van der Waals surface area (Å²) in [6.45, 7) is 7.32. The largest absolute Gasteiger partial charge is 0.480 e. The fraction of sp³-hybridized carbons (Fsp3) is 0.679. The molecule has 0 saturated heterocycles. The number of nitrogens with one attached hydrogen (secondary N) is 2. The summed E-state index contributed by atoms with van der Waals surface area (Å²) in [5.41, 5.74) is 0.765. The highest BCUT2D eigenvalue weighted by molar-refractivity contribution is 5.89. The molecular weight excluding hydrogens is 458 g/mol. The Balaban J connectivity index is 1.85. The number of urea groups is 1. The van der Waals surface area contributed by atoms with Crippen molar-refractivity contribution in [2.24, 2.45) is 11.8 Å². The fourth-order valence-electron chi connectivity index (χ4n) is 4.59. The smallest absolute Gasteiger partial charge is 0.326 e. The first-order chi connectivity index (χ1) is 17.3. The van der Waals surface area contributed by atoms with Gasteiger partial charge in [-0.15, -0.1) is 0 Å². The van der Waals surface area contributed by atoms with Gasteiger partial charge in [-0.1, -0.05) is 71.1 Å². The maximum Gasteiger partial charge on any atom is 0.326 e. The highest BCUT2D eigenvalue weighted by Crippen LogP contribution is 2.27. The summed E-state index contributed by atoms with van der Waals surface area (Å²) < 4.78 is 6.12. The van der Waals surface area contributed by atoms with Crippen molar-refractivity contribution < 1.29 is 24.2 Å². The monoisotopic (exact) mass is 503 g/mol. The predicted molar refractivity (Wildman–Crippen MR) is 142 cm³/mol. The van der Waals surface area contributed by atoms with Crippen molar-refractivity contribution in [1.29, 1.82) is 0 Å². The number of carbonyl (C=O) groups is 3. The summed E-state index contributed by atoms with van der Waals surface area (Å²) >= 11 is 0. The number of rotatable bonds is 15. The Kier molecular flexibility index (Phi) is 13.3. The Bertz CT molecular complexity index is 802. The van der Waals surface area contributed by atoms with Crippen LogP contribution in [0.1, 0.15) is 78.6 Å². The van der Waals surface area contributed by atoms with E-state index in [0.29, 0.717) is 26.1 Å². The van der Waals surface area contributed by atoms with Crippen LogP contribution in [0.2, 0.25) is 0 Å². The molecule has 8 heteroatoms. The van der Waals surface area contributed by atoms with Gasteiger partial charge in [0.05, 0.1) is 12.7 Å². The lowest BCUT2D eigenvalue weighted by molar-refractivity contribution is -0.144. The Hall–Kier alpha value is -2.61. The van der Waals surface area contributed by atoms with Gasteiger partial charge in [-0.25, -0.2) is 9.59 Å². The van der Waals surface area contributed by atoms with Gasteiger partial charge >= 0.3 is 12.0 Å². The Morgan fingerprint density at radius 2 is 1.78 bits per heavy atom. The molecule has 1 aliphatic rings. The fourth-order valence-corrected chi connectivity index (χ4v) is 4.59. The van der Waals surface area contributed by atoms with E-state index in [-0.39, 0.29) is 29.9 Å². The molecule has 8 nitrogen and oxygen atoms in total. The number of unbranched alkanes of at least 4 members (excludes halogenated alkanes) is 4. The van der Waals surface area contributed by atoms with E-state index in [0.717, 1.165) is 37.8 Å². The molecular formula is C28H45N3O5. The number of amides is 3. The van der Waals surface area contributed by atoms with Crippen molar-refractivity contribution in [3.05, 3.63) is 30.3 Å². The number of aliphatic carboxylic acids is 1. The molecule has 0 spiro atoms. The van der Waals surface area contributed by atoms with Gasteiger partial charge in [0.1, 0.15) is 6.04 Å². The van der Waals surface area contributed by atoms with Crippen LogP contribution in [0.3, 0.4) is 0 Å². The summed E-state index contributed by atoms with van der Waals surface area (Å²) in [5.74, 6) is -1.65. The van der Waals surface area contributed by atoms with Crippen LogP contribution in [-0.4, -0.2) is 59.8 Å². The number of carboxylic acid groups (broad SMARTS) is 1. The molecule has 2 unspecified atom stereocenters. The minimum atomic E-state index is -1.01. The summed E-state index contributed by atoms with van der Waals surface area (Å²) in [7, 11) is 0. The Labute approximate surface area is 216 Å². The van der Waals surface area contributed by atoms with Crippen molar-refractivity contribution in [2.45, 2.75) is 90.7 Å². The average Bonchev–Trinajstić information content (AvgIpc) is 2.86. The highest BCUT2D eigenvalue weighted by atomic mass is 16.5. The lowest BCUT2D eigenvalue weighted by Crippen LogP contribution is -2.47. The number of para-hydroxylation sites is 1. The van der Waals surface area contributed by atoms with Crippen molar-refractivity contribution in [2.75, 3.05) is 25.0 Å². The van der Waals surface area contributed by atoms with Crippen LogP contribution in [-0.2, 0) is 14.3 Å². The van der Waals surface area contributed by atoms with Gasteiger partial charge in [-0.2, -0.15) is 0 Å². The van der Waals surface area contributed by atoms with Gasteiger partial charge in [-0.3, -0.25) is 4.79 Å². The number of carboxylic acids is 1. The summed E-state index contributed by atoms with van der Waals surface area (Å²) in [6, 6.07) is 8.43. The molecule has 202 valence electrons. The number of anilines is 1. The zero-order valence-electron chi connectivity index (χ0n) is 22.2. The van der Waals surface area contributed by atoms with E-state index in [1.165, 1.54) is 19.3 Å². The van der Waals surface area contributed by atoms with Crippen molar-refractivity contribution >= 4 is 23.6 Å². The average molecular weight is 504 g/mol. The molecule has 0 bridgehead atoms. The summed E-state index contributed by atoms with van der Waals surface area (Å²) in [4.78, 5) is 38.9. The molecule has 0 heterocycles. The van der Waals surface area contributed by atoms with Gasteiger partial charge < -0.3 is 25.4 Å². The van der Waals surface area contributed by atoms with Gasteiger partial charge in [-0.05, 0) is 43.7 Å². The third-order valence-corrected chi connectivity index (χ3v) is 6.79. The Morgan fingerprint density at radius 1 is 1.06 bits per heavy atom. The zero-order valence-corrected chi connectivity index (χ0v) is 22.2. The second-order valence-corrected chi connectivity index (χ2v) is 10.1. The maximum atomic E-state index is 12.9. The van der Waals surface area contributed by atoms with E-state index < -0.39 is 12.0 Å². The second-order valence-electron chi connectivity index (χ2n) is 10.1. The molecule has 1 saturated carbocycles. The molecule has 3 amide bonds. The zero-order chi connectivity index (χ0) is 26.3. The number of carbonyl (C=O) groups excluding carboxylic acids is 2. The van der Waals surface area contributed by atoms with Crippen molar-refractivity contribution in [1.82, 2.24) is 10.2 Å². The van der Waals surface area contributed by atoms with Crippen LogP contribution in [0.15, 0.2) is 30.3 Å². The normalized spacial score (nSPS) is 18.4. The first-order valence-corrected chi connectivity index (χ1v) is 13.6. The highest BCUT2D eigenvalue weighted by Gasteiger charge is 2.31. The third kappa shape index (κ3) is 10.6. The molecule has 1 aromatic carbocycles. The number of ether oxygens (including phenoxy) is 1. The van der Waals surface area contributed by atoms with Crippen LogP contribution in [0, 0.1) is 11.8 Å². The Morgan fingerprint density at radius 3 is 2.44 bits per heavy atom. The van der Waals surface area contributed by atoms with E-state index in [1.54, 1.807) is 13.8 Å². The molecule has 1 aromatic rings. The topological polar surface area (TPSA) is 108 Å². The number of nitrogens with zero attached hydrogens (tertiary/aromatic N) is 1. The molecule has 36 heavy (non-hydrogen) atoms. The van der Waals surface area contributed by atoms with E-state index in [4.69, 9.17) is 4.74 Å². The van der Waals surface area contributed by atoms with Crippen molar-refractivity contribution in [3.63, 3.8) is 0 Å². The van der Waals surface area contributed by atoms with Gasteiger partial charge in [0, 0.05) is 24.7 Å². The standard InChI is InChI=1S/C28H45N3O5/c1-4-5-6-7-11-17-31(28(35)29-23-14-9-8-10-15-23)18-19-36-24-16-12-13-22(20-24)26(32)30-25(21(2)3)27(33)34/h8-10,14-15,21-22,24-25H,4-7,11-13,16-20H2,1-3H3,(H,29,35)(H,30,32)(H,33,34)/t22?,24?,25-/m0/s1. The molecule has 3 N–H and O–H groups in total. The predicted octanol–water partition coefficient (Wildman–Crippen LogP) is 5.29. The molecule has 0 radical (unpaired) electrons. The molecule has 0 aromatic heterocycles. The number of hydrogen-bond acceptors (Lipinski definition) is 4. The van der Waals surface area contributed by atoms with Crippen LogP contribution in [0.25, 0.3) is 0 Å². The molecule has 3 atom stereocenters. The lowest BCUT2D eigenvalue weighted by atomic mass is 9.86. The molecule has 2 rings (SSSR count). The number of hydrogen-bond donors (Lipinski definition) is 3. The summed E-state index contributed by atoms with van der Waals surface area (Å²) in [6.07, 6.45) is 8.57. The van der Waals surface area contributed by atoms with E-state index in [1.807, 2.05) is 35.2 Å². The van der Waals surface area contributed by atoms with Gasteiger partial charge in [0.15, 0.2) is 0 Å². The number of benzene rings is 1. The van der Waals surface area contributed by atoms with Crippen molar-refractivity contribution in [3.8, 4) is 0 Å². The van der Waals surface area contributed by atoms with Gasteiger partial charge in [0.25, 0.3) is 0 Å². The molecule has 0 aliphatic heterocycles. The van der Waals surface area contributed by atoms with Crippen LogP contribution >= 0.6 is 0 Å². The lowest BCUT2D eigenvalue weighted by Gasteiger charge is -2.31. The third-order valence-electron chi connectivity index (χ3n) is 6.79. The van der Waals surface area contributed by atoms with E-state index in [2.05, 4.69) is 17.6 Å². The minimum Gasteiger partial charge on any atom is -0.480 e. The quantitative estimate of drug-likeness (QED) is 0.282. The van der Waals surface area contributed by atoms with Gasteiger partial charge in [0.2, 0.25) is 5.91 Å². The second kappa shape index (κ2) is 16.2. The first kappa shape index (κ1) is 29.6. The first-order valence-electron chi connectivity index (χ1n) is 13.6. The minimum absolute atomic E-state index is 0.0691. The van der Waals surface area contributed by atoms with Crippen LogP contribution in [0.5, 0.6) is 0 Å². The van der Waals surface area contributed by atoms with Crippen LogP contribution < -0.4 is 10.6 Å². The SMILES string of the molecule is CCCCCCCN(CCOC1CCCC(C(=O)N[C@H](C(=O)O)C(C)C)C1)C(=O)Nc1ccccc1. The maximum absolute atomic E-state index is 12.9. The molecule has 1 aliphatic carbocycles. The van der Waals surface area contributed by atoms with Crippen LogP contribution in [0.4, 0.5) is 10.5 Å². The molecule has 1 fully saturated rings. The summed E-state index contributed by atoms with van der Waals surface area (Å²) in [5, 5.41) is 15.0.